The number of fused-ring (bicyclic) bond motifs is 1. The van der Waals surface area contributed by atoms with Gasteiger partial charge in [0.05, 0.1) is 5.69 Å². The Morgan fingerprint density at radius 1 is 1.10 bits per heavy atom. The highest BCUT2D eigenvalue weighted by Gasteiger charge is 2.35. The van der Waals surface area contributed by atoms with Crippen molar-refractivity contribution in [1.82, 2.24) is 4.98 Å². The average Bonchev–Trinajstić information content (AvgIpc) is 2.49. The third-order valence-electron chi connectivity index (χ3n) is 4.98. The quantitative estimate of drug-likeness (QED) is 0.840. The molecule has 1 aromatic heterocycles. The third kappa shape index (κ3) is 3.22. The summed E-state index contributed by atoms with van der Waals surface area (Å²) >= 11 is 0. The number of amides is 1. The van der Waals surface area contributed by atoms with Gasteiger partial charge in [0.2, 0.25) is 17.8 Å². The second-order valence-corrected chi connectivity index (χ2v) is 6.28. The van der Waals surface area contributed by atoms with E-state index in [9.17, 15) is 13.6 Å². The van der Waals surface area contributed by atoms with Crippen LogP contribution in [-0.4, -0.2) is 10.9 Å². The van der Waals surface area contributed by atoms with Gasteiger partial charge in [-0.1, -0.05) is 25.7 Å². The molecule has 0 bridgehead atoms. The van der Waals surface area contributed by atoms with Gasteiger partial charge in [-0.15, -0.1) is 0 Å². The molecular formula is C16H20F2N2O. The molecule has 0 aromatic carbocycles. The van der Waals surface area contributed by atoms with Crippen LogP contribution in [0, 0.1) is 29.6 Å². The van der Waals surface area contributed by atoms with Crippen LogP contribution in [0.2, 0.25) is 0 Å². The fraction of sp³-hybridized carbons (Fsp3) is 0.625. The van der Waals surface area contributed by atoms with E-state index in [2.05, 4.69) is 10.3 Å². The molecule has 1 heterocycles. The molecule has 2 saturated carbocycles. The van der Waals surface area contributed by atoms with E-state index in [0.717, 1.165) is 31.2 Å². The van der Waals surface area contributed by atoms with E-state index < -0.39 is 11.9 Å². The van der Waals surface area contributed by atoms with Crippen LogP contribution < -0.4 is 5.32 Å². The largest absolute Gasteiger partial charge is 0.322 e. The highest BCUT2D eigenvalue weighted by Crippen LogP contribution is 2.42. The van der Waals surface area contributed by atoms with Crippen molar-refractivity contribution in [2.45, 2.75) is 44.9 Å². The molecule has 1 aromatic rings. The fourth-order valence-electron chi connectivity index (χ4n) is 3.85. The molecule has 114 valence electrons. The number of nitrogens with zero attached hydrogens (tertiary/aromatic N) is 1. The molecule has 5 heteroatoms. The third-order valence-corrected chi connectivity index (χ3v) is 4.98. The minimum absolute atomic E-state index is 0.0350. The summed E-state index contributed by atoms with van der Waals surface area (Å²) < 4.78 is 26.2. The van der Waals surface area contributed by atoms with E-state index in [1.165, 1.54) is 31.7 Å². The van der Waals surface area contributed by atoms with Crippen LogP contribution in [-0.2, 0) is 4.79 Å². The Balaban J connectivity index is 1.63. The molecule has 1 N–H and O–H groups in total. The molecule has 3 atom stereocenters. The van der Waals surface area contributed by atoms with Crippen molar-refractivity contribution in [3.8, 4) is 0 Å². The number of aromatic nitrogens is 1. The highest BCUT2D eigenvalue weighted by molar-refractivity contribution is 5.92. The van der Waals surface area contributed by atoms with Gasteiger partial charge in [-0.2, -0.15) is 13.8 Å². The van der Waals surface area contributed by atoms with Crippen molar-refractivity contribution in [3.05, 3.63) is 24.0 Å². The van der Waals surface area contributed by atoms with Crippen LogP contribution in [0.5, 0.6) is 0 Å². The number of anilines is 1. The van der Waals surface area contributed by atoms with E-state index >= 15 is 0 Å². The second kappa shape index (κ2) is 6.08. The van der Waals surface area contributed by atoms with E-state index in [1.54, 1.807) is 0 Å². The number of pyridine rings is 1. The number of hydrogen-bond donors (Lipinski definition) is 1. The molecule has 21 heavy (non-hydrogen) atoms. The van der Waals surface area contributed by atoms with Gasteiger partial charge in [-0.25, -0.2) is 0 Å². The van der Waals surface area contributed by atoms with Crippen molar-refractivity contribution >= 4 is 11.6 Å². The lowest BCUT2D eigenvalue weighted by molar-refractivity contribution is -0.122. The van der Waals surface area contributed by atoms with E-state index in [-0.39, 0.29) is 17.5 Å². The Bertz CT molecular complexity index is 535. The van der Waals surface area contributed by atoms with E-state index in [4.69, 9.17) is 0 Å². The Morgan fingerprint density at radius 2 is 1.86 bits per heavy atom. The van der Waals surface area contributed by atoms with Gasteiger partial charge < -0.3 is 5.32 Å². The lowest BCUT2D eigenvalue weighted by Crippen LogP contribution is -2.34. The predicted molar refractivity (Wildman–Crippen MR) is 75.6 cm³/mol. The number of carbonyl (C=O) groups is 1. The normalized spacial score (nSPS) is 28.8. The van der Waals surface area contributed by atoms with Crippen molar-refractivity contribution in [1.29, 1.82) is 0 Å². The molecule has 2 aliphatic rings. The van der Waals surface area contributed by atoms with Gasteiger partial charge in [0.15, 0.2) is 0 Å². The lowest BCUT2D eigenvalue weighted by Gasteiger charge is -2.38. The molecule has 0 saturated heterocycles. The van der Waals surface area contributed by atoms with Crippen molar-refractivity contribution in [2.75, 3.05) is 5.32 Å². The van der Waals surface area contributed by atoms with Crippen molar-refractivity contribution in [3.63, 3.8) is 0 Å². The van der Waals surface area contributed by atoms with Crippen LogP contribution in [0.4, 0.5) is 14.5 Å². The van der Waals surface area contributed by atoms with Crippen LogP contribution in [0.1, 0.15) is 44.9 Å². The first-order valence-corrected chi connectivity index (χ1v) is 7.76. The summed E-state index contributed by atoms with van der Waals surface area (Å²) in [7, 11) is 0. The van der Waals surface area contributed by atoms with Gasteiger partial charge in [-0.3, -0.25) is 4.79 Å². The second-order valence-electron chi connectivity index (χ2n) is 6.28. The summed E-state index contributed by atoms with van der Waals surface area (Å²) in [5.74, 6) is -0.658. The zero-order valence-corrected chi connectivity index (χ0v) is 11.9. The molecular weight excluding hydrogens is 274 g/mol. The SMILES string of the molecule is O=C(Nc1ccc(F)nc1F)C1CCC2CCCCC2C1. The average molecular weight is 294 g/mol. The minimum Gasteiger partial charge on any atom is -0.322 e. The summed E-state index contributed by atoms with van der Waals surface area (Å²) in [4.78, 5) is 15.4. The number of halogens is 2. The first-order chi connectivity index (χ1) is 10.1. The first kappa shape index (κ1) is 14.4. The maximum Gasteiger partial charge on any atom is 0.239 e. The summed E-state index contributed by atoms with van der Waals surface area (Å²) in [6.07, 6.45) is 7.91. The molecule has 2 fully saturated rings. The summed E-state index contributed by atoms with van der Waals surface area (Å²) in [6.45, 7) is 0. The van der Waals surface area contributed by atoms with Gasteiger partial charge in [0, 0.05) is 5.92 Å². The van der Waals surface area contributed by atoms with Crippen molar-refractivity contribution < 1.29 is 13.6 Å². The zero-order chi connectivity index (χ0) is 14.8. The standard InChI is InChI=1S/C16H20F2N2O/c17-14-8-7-13(15(18)20-14)19-16(21)12-6-5-10-3-1-2-4-11(10)9-12/h7-8,10-12H,1-6,9H2,(H,19,21). The Morgan fingerprint density at radius 3 is 2.62 bits per heavy atom. The van der Waals surface area contributed by atoms with E-state index in [1.807, 2.05) is 0 Å². The number of carbonyl (C=O) groups excluding carboxylic acids is 1. The van der Waals surface area contributed by atoms with Crippen LogP contribution in [0.15, 0.2) is 12.1 Å². The molecule has 0 radical (unpaired) electrons. The Hall–Kier alpha value is -1.52. The number of nitrogens with one attached hydrogen (secondary N) is 1. The fourth-order valence-corrected chi connectivity index (χ4v) is 3.85. The molecule has 1 amide bonds. The maximum atomic E-state index is 13.5. The molecule has 3 nitrogen and oxygen atoms in total. The van der Waals surface area contributed by atoms with Gasteiger partial charge in [0.25, 0.3) is 0 Å². The topological polar surface area (TPSA) is 42.0 Å². The monoisotopic (exact) mass is 294 g/mol. The van der Waals surface area contributed by atoms with E-state index in [0.29, 0.717) is 5.92 Å². The summed E-state index contributed by atoms with van der Waals surface area (Å²) in [6, 6.07) is 2.28. The van der Waals surface area contributed by atoms with Crippen molar-refractivity contribution in [2.24, 2.45) is 17.8 Å². The molecule has 0 aliphatic heterocycles. The van der Waals surface area contributed by atoms with Crippen LogP contribution >= 0.6 is 0 Å². The number of hydrogen-bond acceptors (Lipinski definition) is 2. The summed E-state index contributed by atoms with van der Waals surface area (Å²) in [5, 5.41) is 2.56. The zero-order valence-electron chi connectivity index (χ0n) is 11.9. The lowest BCUT2D eigenvalue weighted by atomic mass is 9.67. The molecule has 2 aliphatic carbocycles. The first-order valence-electron chi connectivity index (χ1n) is 7.76. The Kier molecular flexibility index (Phi) is 4.17. The van der Waals surface area contributed by atoms with Crippen LogP contribution in [0.25, 0.3) is 0 Å². The smallest absolute Gasteiger partial charge is 0.239 e. The van der Waals surface area contributed by atoms with Crippen LogP contribution in [0.3, 0.4) is 0 Å². The molecule has 3 rings (SSSR count). The number of rotatable bonds is 2. The predicted octanol–water partition coefficient (Wildman–Crippen LogP) is 3.90. The minimum atomic E-state index is -0.963. The highest BCUT2D eigenvalue weighted by atomic mass is 19.1. The van der Waals surface area contributed by atoms with Gasteiger partial charge in [0.1, 0.15) is 0 Å². The summed E-state index contributed by atoms with van der Waals surface area (Å²) in [5.41, 5.74) is -0.0350. The molecule has 0 spiro atoms. The van der Waals surface area contributed by atoms with Gasteiger partial charge in [-0.05, 0) is 43.2 Å². The Labute approximate surface area is 123 Å². The van der Waals surface area contributed by atoms with Gasteiger partial charge >= 0.3 is 0 Å². The molecule has 3 unspecified atom stereocenters. The maximum absolute atomic E-state index is 13.5.